The Kier molecular flexibility index (Phi) is 2.18. The van der Waals surface area contributed by atoms with Crippen molar-refractivity contribution in [2.75, 3.05) is 6.54 Å². The van der Waals surface area contributed by atoms with E-state index in [-0.39, 0.29) is 0 Å². The van der Waals surface area contributed by atoms with Gasteiger partial charge in [0.05, 0.1) is 0 Å². The second-order valence-corrected chi connectivity index (χ2v) is 6.10. The van der Waals surface area contributed by atoms with Gasteiger partial charge in [0.15, 0.2) is 0 Å². The van der Waals surface area contributed by atoms with Crippen LogP contribution in [0.3, 0.4) is 0 Å². The molecule has 1 heterocycles. The van der Waals surface area contributed by atoms with Crippen molar-refractivity contribution in [3.63, 3.8) is 0 Å². The molecule has 1 saturated carbocycles. The molecule has 1 aliphatic heterocycles. The summed E-state index contributed by atoms with van der Waals surface area (Å²) >= 11 is 0. The molecule has 0 radical (unpaired) electrons. The fourth-order valence-corrected chi connectivity index (χ4v) is 2.94. The predicted molar refractivity (Wildman–Crippen MR) is 56.8 cm³/mol. The van der Waals surface area contributed by atoms with Gasteiger partial charge in [0, 0.05) is 5.54 Å². The molecule has 1 saturated heterocycles. The lowest BCUT2D eigenvalue weighted by Crippen LogP contribution is -2.58. The maximum Gasteiger partial charge on any atom is 0.0193 e. The zero-order valence-electron chi connectivity index (χ0n) is 9.32. The van der Waals surface area contributed by atoms with Crippen molar-refractivity contribution in [2.45, 2.75) is 58.4 Å². The molecule has 76 valence electrons. The van der Waals surface area contributed by atoms with Crippen molar-refractivity contribution in [2.24, 2.45) is 11.3 Å². The minimum Gasteiger partial charge on any atom is -0.311 e. The topological polar surface area (TPSA) is 12.0 Å². The molecule has 0 unspecified atom stereocenters. The first-order valence-corrected chi connectivity index (χ1v) is 5.77. The third kappa shape index (κ3) is 1.76. The normalized spacial score (nSPS) is 40.4. The highest BCUT2D eigenvalue weighted by atomic mass is 15.0. The van der Waals surface area contributed by atoms with Gasteiger partial charge in [0.25, 0.3) is 0 Å². The number of nitrogens with one attached hydrogen (secondary N) is 1. The van der Waals surface area contributed by atoms with Crippen LogP contribution in [-0.2, 0) is 0 Å². The molecule has 2 rings (SSSR count). The quantitative estimate of drug-likeness (QED) is 0.606. The maximum atomic E-state index is 3.63. The standard InChI is InChI=1S/C12H23N/c1-11(2,3)10-4-6-12(7-5-10)8-9-13-12/h10,13H,4-9H2,1-3H3. The first-order valence-electron chi connectivity index (χ1n) is 5.77. The van der Waals surface area contributed by atoms with Crippen LogP contribution in [0.4, 0.5) is 0 Å². The zero-order chi connectivity index (χ0) is 9.53. The summed E-state index contributed by atoms with van der Waals surface area (Å²) in [5.41, 5.74) is 1.13. The number of rotatable bonds is 0. The zero-order valence-corrected chi connectivity index (χ0v) is 9.32. The SMILES string of the molecule is CC(C)(C)C1CCC2(CCN2)CC1. The molecule has 0 amide bonds. The van der Waals surface area contributed by atoms with Crippen LogP contribution in [-0.4, -0.2) is 12.1 Å². The molecule has 0 aromatic heterocycles. The van der Waals surface area contributed by atoms with E-state index in [1.807, 2.05) is 0 Å². The van der Waals surface area contributed by atoms with Crippen molar-refractivity contribution >= 4 is 0 Å². The van der Waals surface area contributed by atoms with Crippen LogP contribution in [0.2, 0.25) is 0 Å². The summed E-state index contributed by atoms with van der Waals surface area (Å²) in [4.78, 5) is 0. The van der Waals surface area contributed by atoms with Gasteiger partial charge in [0.1, 0.15) is 0 Å². The summed E-state index contributed by atoms with van der Waals surface area (Å²) in [6.45, 7) is 8.44. The Morgan fingerprint density at radius 3 is 1.92 bits per heavy atom. The van der Waals surface area contributed by atoms with E-state index in [0.29, 0.717) is 11.0 Å². The van der Waals surface area contributed by atoms with Crippen LogP contribution in [0.25, 0.3) is 0 Å². The molecule has 0 bridgehead atoms. The molecule has 0 aromatic rings. The molecule has 2 fully saturated rings. The minimum atomic E-state index is 0.533. The van der Waals surface area contributed by atoms with Crippen molar-refractivity contribution in [3.8, 4) is 0 Å². The van der Waals surface area contributed by atoms with Crippen molar-refractivity contribution in [3.05, 3.63) is 0 Å². The van der Waals surface area contributed by atoms with E-state index in [1.54, 1.807) is 0 Å². The number of hydrogen-bond acceptors (Lipinski definition) is 1. The van der Waals surface area contributed by atoms with Gasteiger partial charge in [-0.1, -0.05) is 20.8 Å². The molecule has 1 spiro atoms. The van der Waals surface area contributed by atoms with Crippen LogP contribution < -0.4 is 5.32 Å². The van der Waals surface area contributed by atoms with E-state index in [4.69, 9.17) is 0 Å². The highest BCUT2D eigenvalue weighted by Crippen LogP contribution is 2.44. The fourth-order valence-electron chi connectivity index (χ4n) is 2.94. The smallest absolute Gasteiger partial charge is 0.0193 e. The Labute approximate surface area is 82.3 Å². The summed E-state index contributed by atoms with van der Waals surface area (Å²) in [6.07, 6.45) is 7.17. The predicted octanol–water partition coefficient (Wildman–Crippen LogP) is 2.95. The lowest BCUT2D eigenvalue weighted by molar-refractivity contribution is 0.0734. The van der Waals surface area contributed by atoms with Gasteiger partial charge < -0.3 is 5.32 Å². The van der Waals surface area contributed by atoms with Gasteiger partial charge in [-0.2, -0.15) is 0 Å². The molecule has 0 aromatic carbocycles. The van der Waals surface area contributed by atoms with Gasteiger partial charge in [-0.05, 0) is 50.0 Å². The molecule has 1 N–H and O–H groups in total. The second-order valence-electron chi connectivity index (χ2n) is 6.10. The van der Waals surface area contributed by atoms with E-state index in [2.05, 4.69) is 26.1 Å². The average molecular weight is 181 g/mol. The summed E-state index contributed by atoms with van der Waals surface area (Å²) < 4.78 is 0. The van der Waals surface area contributed by atoms with E-state index < -0.39 is 0 Å². The molecule has 1 aliphatic carbocycles. The lowest BCUT2D eigenvalue weighted by atomic mass is 9.65. The van der Waals surface area contributed by atoms with Crippen molar-refractivity contribution in [1.82, 2.24) is 5.32 Å². The fraction of sp³-hybridized carbons (Fsp3) is 1.00. The van der Waals surface area contributed by atoms with Gasteiger partial charge >= 0.3 is 0 Å². The third-order valence-corrected chi connectivity index (χ3v) is 4.27. The monoisotopic (exact) mass is 181 g/mol. The van der Waals surface area contributed by atoms with Gasteiger partial charge in [-0.3, -0.25) is 0 Å². The average Bonchev–Trinajstić information content (AvgIpc) is 2.00. The third-order valence-electron chi connectivity index (χ3n) is 4.27. The van der Waals surface area contributed by atoms with Crippen LogP contribution >= 0.6 is 0 Å². The summed E-state index contributed by atoms with van der Waals surface area (Å²) in [7, 11) is 0. The van der Waals surface area contributed by atoms with E-state index in [9.17, 15) is 0 Å². The Hall–Kier alpha value is -0.0400. The molecule has 2 aliphatic rings. The van der Waals surface area contributed by atoms with E-state index >= 15 is 0 Å². The highest BCUT2D eigenvalue weighted by Gasteiger charge is 2.41. The van der Waals surface area contributed by atoms with E-state index in [1.165, 1.54) is 38.6 Å². The Morgan fingerprint density at radius 1 is 1.08 bits per heavy atom. The first-order chi connectivity index (χ1) is 6.02. The molecular weight excluding hydrogens is 158 g/mol. The molecule has 0 atom stereocenters. The Balaban J connectivity index is 1.89. The largest absolute Gasteiger partial charge is 0.311 e. The second kappa shape index (κ2) is 2.98. The highest BCUT2D eigenvalue weighted by molar-refractivity contribution is 5.00. The molecular formula is C12H23N. The van der Waals surface area contributed by atoms with Crippen LogP contribution in [0.15, 0.2) is 0 Å². The number of hydrogen-bond donors (Lipinski definition) is 1. The van der Waals surface area contributed by atoms with Gasteiger partial charge in [-0.25, -0.2) is 0 Å². The summed E-state index contributed by atoms with van der Waals surface area (Å²) in [6, 6.07) is 0. The van der Waals surface area contributed by atoms with Crippen LogP contribution in [0, 0.1) is 11.3 Å². The Bertz CT molecular complexity index is 176. The van der Waals surface area contributed by atoms with Crippen molar-refractivity contribution in [1.29, 1.82) is 0 Å². The molecule has 13 heavy (non-hydrogen) atoms. The lowest BCUT2D eigenvalue weighted by Gasteiger charge is -2.50. The van der Waals surface area contributed by atoms with Crippen LogP contribution in [0.5, 0.6) is 0 Å². The molecule has 1 nitrogen and oxygen atoms in total. The van der Waals surface area contributed by atoms with Crippen LogP contribution in [0.1, 0.15) is 52.9 Å². The van der Waals surface area contributed by atoms with E-state index in [0.717, 1.165) is 5.92 Å². The first kappa shape index (κ1) is 9.51. The summed E-state index contributed by atoms with van der Waals surface area (Å²) in [5.74, 6) is 0.959. The van der Waals surface area contributed by atoms with Gasteiger partial charge in [0.2, 0.25) is 0 Å². The minimum absolute atomic E-state index is 0.533. The Morgan fingerprint density at radius 2 is 1.62 bits per heavy atom. The molecule has 1 heteroatoms. The summed E-state index contributed by atoms with van der Waals surface area (Å²) in [5, 5.41) is 3.63. The van der Waals surface area contributed by atoms with Gasteiger partial charge in [-0.15, -0.1) is 0 Å². The maximum absolute atomic E-state index is 3.63. The van der Waals surface area contributed by atoms with Crippen molar-refractivity contribution < 1.29 is 0 Å².